The number of aromatic nitrogens is 1. The second-order valence-electron chi connectivity index (χ2n) is 5.65. The van der Waals surface area contributed by atoms with E-state index < -0.39 is 0 Å². The van der Waals surface area contributed by atoms with E-state index in [-0.39, 0.29) is 5.56 Å². The van der Waals surface area contributed by atoms with Crippen molar-refractivity contribution in [2.24, 2.45) is 0 Å². The van der Waals surface area contributed by atoms with Crippen LogP contribution in [0.25, 0.3) is 11.1 Å². The molecule has 0 radical (unpaired) electrons. The number of anilines is 1. The highest BCUT2D eigenvalue weighted by molar-refractivity contribution is 5.65. The average Bonchev–Trinajstić information content (AvgIpc) is 2.47. The minimum Gasteiger partial charge on any atom is -0.385 e. The highest BCUT2D eigenvalue weighted by Crippen LogP contribution is 2.33. The van der Waals surface area contributed by atoms with Crippen LogP contribution in [0.15, 0.2) is 41.2 Å². The highest BCUT2D eigenvalue weighted by Gasteiger charge is 2.15. The van der Waals surface area contributed by atoms with Crippen LogP contribution < -0.4 is 11.3 Å². The van der Waals surface area contributed by atoms with E-state index in [1.807, 2.05) is 0 Å². The van der Waals surface area contributed by atoms with Crippen molar-refractivity contribution < 1.29 is 0 Å². The summed E-state index contributed by atoms with van der Waals surface area (Å²) >= 11 is 0. The Morgan fingerprint density at radius 2 is 1.65 bits per heavy atom. The Morgan fingerprint density at radius 3 is 2.30 bits per heavy atom. The molecule has 0 spiro atoms. The van der Waals surface area contributed by atoms with Crippen molar-refractivity contribution in [3.8, 4) is 11.1 Å². The number of nitrogens with one attached hydrogen (secondary N) is 1. The molecule has 2 aromatic rings. The topological polar surface area (TPSA) is 58.9 Å². The quantitative estimate of drug-likeness (QED) is 0.873. The summed E-state index contributed by atoms with van der Waals surface area (Å²) in [5, 5.41) is 0. The molecule has 1 heterocycles. The Balaban J connectivity index is 1.86. The number of H-pyrrole nitrogens is 1. The molecule has 0 bridgehead atoms. The molecule has 1 saturated carbocycles. The standard InChI is InChI=1S/C17H20N2O/c18-16-10-15(11-17(20)19-16)14-8-6-13(7-9-14)12-4-2-1-3-5-12/h6-12H,1-5H2,(H3,18,19,20). The van der Waals surface area contributed by atoms with Crippen LogP contribution in [-0.4, -0.2) is 4.98 Å². The van der Waals surface area contributed by atoms with Crippen molar-refractivity contribution in [3.05, 3.63) is 52.3 Å². The van der Waals surface area contributed by atoms with Crippen molar-refractivity contribution in [2.45, 2.75) is 38.0 Å². The molecule has 3 heteroatoms. The van der Waals surface area contributed by atoms with Crippen molar-refractivity contribution >= 4 is 5.82 Å². The summed E-state index contributed by atoms with van der Waals surface area (Å²) in [4.78, 5) is 14.0. The van der Waals surface area contributed by atoms with Gasteiger partial charge in [-0.15, -0.1) is 0 Å². The minimum atomic E-state index is -0.156. The van der Waals surface area contributed by atoms with Gasteiger partial charge in [0, 0.05) is 6.07 Å². The fourth-order valence-electron chi connectivity index (χ4n) is 3.12. The van der Waals surface area contributed by atoms with E-state index in [4.69, 9.17) is 5.73 Å². The van der Waals surface area contributed by atoms with Crippen molar-refractivity contribution in [1.29, 1.82) is 0 Å². The van der Waals surface area contributed by atoms with Gasteiger partial charge >= 0.3 is 0 Å². The number of hydrogen-bond donors (Lipinski definition) is 2. The molecule has 3 N–H and O–H groups in total. The van der Waals surface area contributed by atoms with Crippen LogP contribution in [0.3, 0.4) is 0 Å². The second kappa shape index (κ2) is 5.53. The first-order valence-corrected chi connectivity index (χ1v) is 7.32. The Labute approximate surface area is 118 Å². The summed E-state index contributed by atoms with van der Waals surface area (Å²) < 4.78 is 0. The van der Waals surface area contributed by atoms with Crippen LogP contribution in [0.2, 0.25) is 0 Å². The molecule has 1 fully saturated rings. The van der Waals surface area contributed by atoms with E-state index in [0.717, 1.165) is 11.1 Å². The molecule has 0 aliphatic heterocycles. The maximum Gasteiger partial charge on any atom is 0.250 e. The van der Waals surface area contributed by atoms with E-state index in [9.17, 15) is 4.79 Å². The van der Waals surface area contributed by atoms with Crippen molar-refractivity contribution in [1.82, 2.24) is 4.98 Å². The number of nitrogen functional groups attached to an aromatic ring is 1. The molecule has 20 heavy (non-hydrogen) atoms. The van der Waals surface area contributed by atoms with Gasteiger partial charge in [0.1, 0.15) is 5.82 Å². The summed E-state index contributed by atoms with van der Waals surface area (Å²) in [7, 11) is 0. The summed E-state index contributed by atoms with van der Waals surface area (Å²) in [5.41, 5.74) is 8.87. The zero-order chi connectivity index (χ0) is 13.9. The summed E-state index contributed by atoms with van der Waals surface area (Å²) in [5.74, 6) is 1.12. The molecule has 3 rings (SSSR count). The van der Waals surface area contributed by atoms with E-state index in [0.29, 0.717) is 11.7 Å². The monoisotopic (exact) mass is 268 g/mol. The van der Waals surface area contributed by atoms with E-state index in [2.05, 4.69) is 29.2 Å². The van der Waals surface area contributed by atoms with Crippen molar-refractivity contribution in [3.63, 3.8) is 0 Å². The van der Waals surface area contributed by atoms with E-state index in [1.165, 1.54) is 37.7 Å². The third-order valence-electron chi connectivity index (χ3n) is 4.19. The van der Waals surface area contributed by atoms with Gasteiger partial charge in [0.2, 0.25) is 5.56 Å². The molecule has 104 valence electrons. The van der Waals surface area contributed by atoms with Crippen LogP contribution in [-0.2, 0) is 0 Å². The third kappa shape index (κ3) is 2.77. The normalized spacial score (nSPS) is 16.2. The molecule has 3 nitrogen and oxygen atoms in total. The molecular formula is C17H20N2O. The Morgan fingerprint density at radius 1 is 0.950 bits per heavy atom. The van der Waals surface area contributed by atoms with Gasteiger partial charge in [-0.2, -0.15) is 0 Å². The molecular weight excluding hydrogens is 248 g/mol. The molecule has 1 aromatic carbocycles. The lowest BCUT2D eigenvalue weighted by Gasteiger charge is -2.22. The van der Waals surface area contributed by atoms with E-state index >= 15 is 0 Å². The van der Waals surface area contributed by atoms with Crippen LogP contribution in [0, 0.1) is 0 Å². The fraction of sp³-hybridized carbons (Fsp3) is 0.353. The molecule has 0 atom stereocenters. The first-order chi connectivity index (χ1) is 9.72. The summed E-state index contributed by atoms with van der Waals surface area (Å²) in [6, 6.07) is 12.0. The SMILES string of the molecule is Nc1cc(-c2ccc(C3CCCCC3)cc2)cc(=O)[nH]1. The number of hydrogen-bond acceptors (Lipinski definition) is 2. The average molecular weight is 268 g/mol. The Kier molecular flexibility index (Phi) is 3.59. The van der Waals surface area contributed by atoms with Crippen molar-refractivity contribution in [2.75, 3.05) is 5.73 Å². The van der Waals surface area contributed by atoms with Crippen LogP contribution in [0.5, 0.6) is 0 Å². The van der Waals surface area contributed by atoms with Gasteiger partial charge < -0.3 is 10.7 Å². The molecule has 1 aromatic heterocycles. The predicted molar refractivity (Wildman–Crippen MR) is 82.7 cm³/mol. The zero-order valence-electron chi connectivity index (χ0n) is 11.6. The molecule has 0 unspecified atom stereocenters. The smallest absolute Gasteiger partial charge is 0.250 e. The number of aromatic amines is 1. The van der Waals surface area contributed by atoms with E-state index in [1.54, 1.807) is 12.1 Å². The highest BCUT2D eigenvalue weighted by atomic mass is 16.1. The Bertz CT molecular complexity index is 637. The third-order valence-corrected chi connectivity index (χ3v) is 4.19. The Hall–Kier alpha value is -2.03. The number of nitrogens with two attached hydrogens (primary N) is 1. The first kappa shape index (κ1) is 13.0. The zero-order valence-corrected chi connectivity index (χ0v) is 11.6. The molecule has 0 saturated heterocycles. The molecule has 1 aliphatic rings. The summed E-state index contributed by atoms with van der Waals surface area (Å²) in [6.07, 6.45) is 6.67. The second-order valence-corrected chi connectivity index (χ2v) is 5.65. The largest absolute Gasteiger partial charge is 0.385 e. The van der Waals surface area contributed by atoms with Gasteiger partial charge in [0.25, 0.3) is 0 Å². The predicted octanol–water partition coefficient (Wildman–Crippen LogP) is 3.67. The number of benzene rings is 1. The lowest BCUT2D eigenvalue weighted by molar-refractivity contribution is 0.443. The van der Waals surface area contributed by atoms with Gasteiger partial charge in [-0.3, -0.25) is 4.79 Å². The van der Waals surface area contributed by atoms with Crippen LogP contribution in [0.1, 0.15) is 43.6 Å². The fourth-order valence-corrected chi connectivity index (χ4v) is 3.12. The lowest BCUT2D eigenvalue weighted by Crippen LogP contribution is -2.07. The molecule has 0 amide bonds. The van der Waals surface area contributed by atoms with Gasteiger partial charge in [-0.25, -0.2) is 0 Å². The lowest BCUT2D eigenvalue weighted by atomic mass is 9.84. The van der Waals surface area contributed by atoms with Gasteiger partial charge in [-0.05, 0) is 41.5 Å². The first-order valence-electron chi connectivity index (χ1n) is 7.32. The number of pyridine rings is 1. The molecule has 1 aliphatic carbocycles. The number of rotatable bonds is 2. The van der Waals surface area contributed by atoms with Crippen LogP contribution in [0.4, 0.5) is 5.82 Å². The van der Waals surface area contributed by atoms with Gasteiger partial charge in [0.05, 0.1) is 0 Å². The maximum absolute atomic E-state index is 11.5. The van der Waals surface area contributed by atoms with Gasteiger partial charge in [0.15, 0.2) is 0 Å². The maximum atomic E-state index is 11.5. The van der Waals surface area contributed by atoms with Gasteiger partial charge in [-0.1, -0.05) is 43.5 Å². The summed E-state index contributed by atoms with van der Waals surface area (Å²) in [6.45, 7) is 0. The van der Waals surface area contributed by atoms with Crippen LogP contribution >= 0.6 is 0 Å². The minimum absolute atomic E-state index is 0.156.